The molecule has 1 unspecified atom stereocenters. The highest BCUT2D eigenvalue weighted by atomic mass is 19.1. The van der Waals surface area contributed by atoms with E-state index in [4.69, 9.17) is 0 Å². The highest BCUT2D eigenvalue weighted by molar-refractivity contribution is 6.39. The Morgan fingerprint density at radius 3 is 2.40 bits per heavy atom. The summed E-state index contributed by atoms with van der Waals surface area (Å²) in [6.45, 7) is 0. The lowest BCUT2D eigenvalue weighted by Gasteiger charge is -2.18. The van der Waals surface area contributed by atoms with Gasteiger partial charge in [-0.3, -0.25) is 14.4 Å². The number of hydrogen-bond donors (Lipinski definition) is 2. The topological polar surface area (TPSA) is 84.5 Å². The number of carbonyl (C=O) groups excluding carboxylic acids is 3. The number of methoxy groups -OCH3 is 1. The van der Waals surface area contributed by atoms with Gasteiger partial charge in [-0.05, 0) is 23.8 Å². The van der Waals surface area contributed by atoms with Gasteiger partial charge >= 0.3 is 17.8 Å². The molecule has 6 nitrogen and oxygen atoms in total. The van der Waals surface area contributed by atoms with Gasteiger partial charge in [0.2, 0.25) is 0 Å². The molecule has 0 aliphatic carbocycles. The second kappa shape index (κ2) is 8.58. The van der Waals surface area contributed by atoms with E-state index < -0.39 is 29.6 Å². The van der Waals surface area contributed by atoms with Gasteiger partial charge in [0, 0.05) is 5.69 Å². The lowest BCUT2D eigenvalue weighted by atomic mass is 10.0. The molecule has 0 heterocycles. The number of carbonyl (C=O) groups is 3. The van der Waals surface area contributed by atoms with Crippen molar-refractivity contribution in [2.75, 3.05) is 12.4 Å². The second-order valence-corrected chi connectivity index (χ2v) is 5.18. The van der Waals surface area contributed by atoms with E-state index in [9.17, 15) is 18.8 Å². The van der Waals surface area contributed by atoms with Crippen molar-refractivity contribution in [2.24, 2.45) is 0 Å². The molecule has 0 spiro atoms. The smallest absolute Gasteiger partial charge is 0.313 e. The van der Waals surface area contributed by atoms with Gasteiger partial charge in [-0.2, -0.15) is 0 Å². The van der Waals surface area contributed by atoms with Crippen molar-refractivity contribution in [3.05, 3.63) is 66.0 Å². The van der Waals surface area contributed by atoms with Crippen molar-refractivity contribution in [2.45, 2.75) is 12.5 Å². The first-order valence-electron chi connectivity index (χ1n) is 7.48. The van der Waals surface area contributed by atoms with E-state index in [1.54, 1.807) is 30.3 Å². The summed E-state index contributed by atoms with van der Waals surface area (Å²) in [5, 5.41) is 4.79. The zero-order valence-corrected chi connectivity index (χ0v) is 13.5. The van der Waals surface area contributed by atoms with E-state index in [2.05, 4.69) is 15.4 Å². The number of ether oxygens (including phenoxy) is 1. The molecule has 2 aromatic carbocycles. The van der Waals surface area contributed by atoms with Crippen LogP contribution in [0.15, 0.2) is 54.6 Å². The molecule has 2 N–H and O–H groups in total. The van der Waals surface area contributed by atoms with Gasteiger partial charge in [0.05, 0.1) is 19.6 Å². The van der Waals surface area contributed by atoms with Crippen LogP contribution in [0.5, 0.6) is 0 Å². The molecule has 0 aromatic heterocycles. The average molecular weight is 344 g/mol. The Kier molecular flexibility index (Phi) is 6.22. The SMILES string of the molecule is COC(=O)CC(NC(=O)C(=O)Nc1cccc(F)c1)c1ccccc1. The zero-order valence-electron chi connectivity index (χ0n) is 13.5. The first kappa shape index (κ1) is 18.1. The molecule has 1 atom stereocenters. The van der Waals surface area contributed by atoms with Crippen LogP contribution in [0.3, 0.4) is 0 Å². The van der Waals surface area contributed by atoms with Crippen molar-refractivity contribution < 1.29 is 23.5 Å². The highest BCUT2D eigenvalue weighted by Gasteiger charge is 2.22. The molecule has 0 aliphatic heterocycles. The normalized spacial score (nSPS) is 11.3. The molecular weight excluding hydrogens is 327 g/mol. The molecule has 130 valence electrons. The molecule has 0 aliphatic rings. The van der Waals surface area contributed by atoms with Crippen LogP contribution in [-0.2, 0) is 19.1 Å². The fraction of sp³-hybridized carbons (Fsp3) is 0.167. The highest BCUT2D eigenvalue weighted by Crippen LogP contribution is 2.17. The van der Waals surface area contributed by atoms with Gasteiger partial charge in [0.25, 0.3) is 0 Å². The Morgan fingerprint density at radius 2 is 1.76 bits per heavy atom. The number of nitrogens with one attached hydrogen (secondary N) is 2. The van der Waals surface area contributed by atoms with E-state index in [1.165, 1.54) is 25.3 Å². The zero-order chi connectivity index (χ0) is 18.2. The number of esters is 1. The Labute approximate surface area is 144 Å². The number of amides is 2. The van der Waals surface area contributed by atoms with Crippen LogP contribution in [-0.4, -0.2) is 24.9 Å². The summed E-state index contributed by atoms with van der Waals surface area (Å²) in [6, 6.07) is 13.2. The minimum Gasteiger partial charge on any atom is -0.469 e. The first-order chi connectivity index (χ1) is 12.0. The predicted molar refractivity (Wildman–Crippen MR) is 89.0 cm³/mol. The summed E-state index contributed by atoms with van der Waals surface area (Å²) < 4.78 is 17.7. The van der Waals surface area contributed by atoms with E-state index >= 15 is 0 Å². The average Bonchev–Trinajstić information content (AvgIpc) is 2.61. The van der Waals surface area contributed by atoms with Crippen molar-refractivity contribution in [1.29, 1.82) is 0 Å². The Balaban J connectivity index is 2.07. The fourth-order valence-electron chi connectivity index (χ4n) is 2.17. The molecule has 25 heavy (non-hydrogen) atoms. The molecule has 0 saturated carbocycles. The van der Waals surface area contributed by atoms with E-state index in [-0.39, 0.29) is 12.1 Å². The third-order valence-corrected chi connectivity index (χ3v) is 3.39. The number of rotatable bonds is 5. The van der Waals surface area contributed by atoms with Gasteiger partial charge in [0.1, 0.15) is 5.82 Å². The molecule has 2 amide bonds. The molecule has 2 aromatic rings. The van der Waals surface area contributed by atoms with Gasteiger partial charge in [-0.25, -0.2) is 4.39 Å². The van der Waals surface area contributed by atoms with Crippen molar-refractivity contribution in [1.82, 2.24) is 5.32 Å². The fourth-order valence-corrected chi connectivity index (χ4v) is 2.17. The van der Waals surface area contributed by atoms with E-state index in [1.807, 2.05) is 0 Å². The van der Waals surface area contributed by atoms with Crippen LogP contribution in [0, 0.1) is 5.82 Å². The maximum absolute atomic E-state index is 13.1. The van der Waals surface area contributed by atoms with Crippen molar-refractivity contribution in [3.63, 3.8) is 0 Å². The van der Waals surface area contributed by atoms with E-state index in [0.717, 1.165) is 6.07 Å². The minimum atomic E-state index is -0.962. The van der Waals surface area contributed by atoms with Gasteiger partial charge in [-0.1, -0.05) is 36.4 Å². The lowest BCUT2D eigenvalue weighted by Crippen LogP contribution is -2.38. The largest absolute Gasteiger partial charge is 0.469 e. The summed E-state index contributed by atoms with van der Waals surface area (Å²) in [6.07, 6.45) is -0.125. The summed E-state index contributed by atoms with van der Waals surface area (Å²) in [7, 11) is 1.24. The lowest BCUT2D eigenvalue weighted by molar-refractivity contribution is -0.142. The second-order valence-electron chi connectivity index (χ2n) is 5.18. The minimum absolute atomic E-state index is 0.125. The molecule has 0 radical (unpaired) electrons. The summed E-state index contributed by atoms with van der Waals surface area (Å²) in [5.41, 5.74) is 0.809. The van der Waals surface area contributed by atoms with Crippen LogP contribution in [0.4, 0.5) is 10.1 Å². The van der Waals surface area contributed by atoms with Crippen LogP contribution in [0.25, 0.3) is 0 Å². The monoisotopic (exact) mass is 344 g/mol. The van der Waals surface area contributed by atoms with E-state index in [0.29, 0.717) is 5.56 Å². The Bertz CT molecular complexity index is 765. The quantitative estimate of drug-likeness (QED) is 0.643. The first-order valence-corrected chi connectivity index (χ1v) is 7.48. The maximum Gasteiger partial charge on any atom is 0.313 e. The van der Waals surface area contributed by atoms with Crippen LogP contribution in [0.2, 0.25) is 0 Å². The van der Waals surface area contributed by atoms with Crippen LogP contribution >= 0.6 is 0 Å². The summed E-state index contributed by atoms with van der Waals surface area (Å²) in [4.78, 5) is 35.7. The number of hydrogen-bond acceptors (Lipinski definition) is 4. The molecule has 0 saturated heterocycles. The third kappa shape index (κ3) is 5.42. The Morgan fingerprint density at radius 1 is 1.04 bits per heavy atom. The molecule has 2 rings (SSSR count). The molecule has 7 heteroatoms. The van der Waals surface area contributed by atoms with Crippen LogP contribution in [0.1, 0.15) is 18.0 Å². The number of anilines is 1. The third-order valence-electron chi connectivity index (χ3n) is 3.39. The maximum atomic E-state index is 13.1. The van der Waals surface area contributed by atoms with Gasteiger partial charge in [-0.15, -0.1) is 0 Å². The standard InChI is InChI=1S/C18H17FN2O4/c1-25-16(22)11-15(12-6-3-2-4-7-12)21-18(24)17(23)20-14-9-5-8-13(19)10-14/h2-10,15H,11H2,1H3,(H,20,23)(H,21,24). The molecule has 0 fully saturated rings. The number of halogens is 1. The predicted octanol–water partition coefficient (Wildman–Crippen LogP) is 2.18. The summed E-state index contributed by atoms with van der Waals surface area (Å²) in [5.74, 6) is -2.97. The number of benzene rings is 2. The van der Waals surface area contributed by atoms with Gasteiger partial charge in [0.15, 0.2) is 0 Å². The van der Waals surface area contributed by atoms with Crippen LogP contribution < -0.4 is 10.6 Å². The molecule has 0 bridgehead atoms. The van der Waals surface area contributed by atoms with Crippen molar-refractivity contribution >= 4 is 23.5 Å². The summed E-state index contributed by atoms with van der Waals surface area (Å²) >= 11 is 0. The van der Waals surface area contributed by atoms with Crippen molar-refractivity contribution in [3.8, 4) is 0 Å². The molecular formula is C18H17FN2O4. The van der Waals surface area contributed by atoms with Gasteiger partial charge < -0.3 is 15.4 Å². The Hall–Kier alpha value is -3.22.